The zero-order valence-corrected chi connectivity index (χ0v) is 14.3. The SMILES string of the molecule is CCN(CC)C(=O)CC1CCNCC1Cc1cc(C(C)=O)on1. The number of hydrogen-bond acceptors (Lipinski definition) is 5. The average molecular weight is 321 g/mol. The van der Waals surface area contributed by atoms with Crippen molar-refractivity contribution in [1.29, 1.82) is 0 Å². The Balaban J connectivity index is 2.00. The predicted molar refractivity (Wildman–Crippen MR) is 87.2 cm³/mol. The fourth-order valence-electron chi connectivity index (χ4n) is 3.26. The smallest absolute Gasteiger partial charge is 0.222 e. The molecule has 0 spiro atoms. The van der Waals surface area contributed by atoms with E-state index in [0.717, 1.165) is 44.7 Å². The monoisotopic (exact) mass is 321 g/mol. The lowest BCUT2D eigenvalue weighted by atomic mass is 9.81. The second-order valence-electron chi connectivity index (χ2n) is 6.23. The van der Waals surface area contributed by atoms with E-state index in [1.807, 2.05) is 18.7 Å². The molecular weight excluding hydrogens is 294 g/mol. The van der Waals surface area contributed by atoms with Crippen molar-refractivity contribution in [3.8, 4) is 0 Å². The lowest BCUT2D eigenvalue weighted by Crippen LogP contribution is -2.41. The maximum atomic E-state index is 12.4. The van der Waals surface area contributed by atoms with Crippen LogP contribution < -0.4 is 5.32 Å². The second kappa shape index (κ2) is 8.24. The van der Waals surface area contributed by atoms with Crippen LogP contribution in [-0.4, -0.2) is 47.9 Å². The number of carbonyl (C=O) groups is 2. The molecule has 23 heavy (non-hydrogen) atoms. The average Bonchev–Trinajstić information content (AvgIpc) is 2.99. The van der Waals surface area contributed by atoms with E-state index in [1.165, 1.54) is 6.92 Å². The minimum Gasteiger partial charge on any atom is -0.353 e. The molecule has 0 radical (unpaired) electrons. The van der Waals surface area contributed by atoms with E-state index < -0.39 is 0 Å². The molecule has 1 aromatic rings. The van der Waals surface area contributed by atoms with Gasteiger partial charge in [0.2, 0.25) is 11.7 Å². The van der Waals surface area contributed by atoms with Crippen LogP contribution in [0.3, 0.4) is 0 Å². The van der Waals surface area contributed by atoms with Crippen LogP contribution in [0.2, 0.25) is 0 Å². The standard InChI is InChI=1S/C17H27N3O3/c1-4-20(5-2)17(22)9-13-6-7-18-11-14(13)8-15-10-16(12(3)21)23-19-15/h10,13-14,18H,4-9,11H2,1-3H3. The maximum absolute atomic E-state index is 12.4. The van der Waals surface area contributed by atoms with Crippen molar-refractivity contribution in [1.82, 2.24) is 15.4 Å². The third kappa shape index (κ3) is 4.64. The van der Waals surface area contributed by atoms with Crippen LogP contribution in [0, 0.1) is 11.8 Å². The number of ketones is 1. The Morgan fingerprint density at radius 1 is 1.35 bits per heavy atom. The van der Waals surface area contributed by atoms with Gasteiger partial charge in [0.15, 0.2) is 5.78 Å². The first kappa shape index (κ1) is 17.7. The van der Waals surface area contributed by atoms with E-state index in [0.29, 0.717) is 24.0 Å². The number of nitrogens with one attached hydrogen (secondary N) is 1. The number of hydrogen-bond donors (Lipinski definition) is 1. The number of Topliss-reactive ketones (excluding diaryl/α,β-unsaturated/α-hetero) is 1. The quantitative estimate of drug-likeness (QED) is 0.776. The van der Waals surface area contributed by atoms with Gasteiger partial charge in [0.25, 0.3) is 0 Å². The third-order valence-corrected chi connectivity index (χ3v) is 4.70. The first-order valence-corrected chi connectivity index (χ1v) is 8.50. The van der Waals surface area contributed by atoms with E-state index in [4.69, 9.17) is 4.52 Å². The summed E-state index contributed by atoms with van der Waals surface area (Å²) in [4.78, 5) is 25.6. The van der Waals surface area contributed by atoms with Crippen LogP contribution in [0.15, 0.2) is 10.6 Å². The van der Waals surface area contributed by atoms with Crippen molar-refractivity contribution in [2.45, 2.75) is 40.0 Å². The van der Waals surface area contributed by atoms with Gasteiger partial charge in [0.05, 0.1) is 5.69 Å². The topological polar surface area (TPSA) is 75.4 Å². The Kier molecular flexibility index (Phi) is 6.33. The lowest BCUT2D eigenvalue weighted by molar-refractivity contribution is -0.132. The van der Waals surface area contributed by atoms with E-state index in [1.54, 1.807) is 6.07 Å². The minimum absolute atomic E-state index is 0.112. The van der Waals surface area contributed by atoms with Gasteiger partial charge in [-0.05, 0) is 51.6 Å². The van der Waals surface area contributed by atoms with Gasteiger partial charge >= 0.3 is 0 Å². The van der Waals surface area contributed by atoms with Gasteiger partial charge in [-0.2, -0.15) is 0 Å². The summed E-state index contributed by atoms with van der Waals surface area (Å²) in [6.45, 7) is 8.84. The molecule has 2 unspecified atom stereocenters. The summed E-state index contributed by atoms with van der Waals surface area (Å²) in [6, 6.07) is 1.72. The fraction of sp³-hybridized carbons (Fsp3) is 0.706. The number of carbonyl (C=O) groups excluding carboxylic acids is 2. The van der Waals surface area contributed by atoms with Gasteiger partial charge < -0.3 is 14.7 Å². The molecule has 0 bridgehead atoms. The molecule has 2 rings (SSSR count). The van der Waals surface area contributed by atoms with E-state index in [-0.39, 0.29) is 11.7 Å². The van der Waals surface area contributed by atoms with E-state index in [9.17, 15) is 9.59 Å². The Hall–Kier alpha value is -1.69. The zero-order valence-electron chi connectivity index (χ0n) is 14.3. The molecule has 1 fully saturated rings. The second-order valence-corrected chi connectivity index (χ2v) is 6.23. The Morgan fingerprint density at radius 2 is 2.09 bits per heavy atom. The van der Waals surface area contributed by atoms with Gasteiger partial charge in [0.1, 0.15) is 0 Å². The molecule has 0 saturated carbocycles. The molecule has 128 valence electrons. The number of amides is 1. The Bertz CT molecular complexity index is 537. The Morgan fingerprint density at radius 3 is 2.70 bits per heavy atom. The van der Waals surface area contributed by atoms with Crippen molar-refractivity contribution >= 4 is 11.7 Å². The first-order valence-electron chi connectivity index (χ1n) is 8.50. The number of rotatable bonds is 7. The molecule has 0 aromatic carbocycles. The van der Waals surface area contributed by atoms with Crippen LogP contribution in [0.4, 0.5) is 0 Å². The van der Waals surface area contributed by atoms with Gasteiger partial charge in [0, 0.05) is 32.5 Å². The summed E-state index contributed by atoms with van der Waals surface area (Å²) in [5, 5.41) is 7.39. The van der Waals surface area contributed by atoms with E-state index in [2.05, 4.69) is 10.5 Å². The van der Waals surface area contributed by atoms with Crippen LogP contribution in [0.1, 0.15) is 49.9 Å². The molecule has 2 atom stereocenters. The summed E-state index contributed by atoms with van der Waals surface area (Å²) >= 11 is 0. The molecule has 1 N–H and O–H groups in total. The van der Waals surface area contributed by atoms with Crippen LogP contribution in [0.5, 0.6) is 0 Å². The summed E-state index contributed by atoms with van der Waals surface area (Å²) in [5.41, 5.74) is 0.796. The highest BCUT2D eigenvalue weighted by Gasteiger charge is 2.29. The Labute approximate surface area is 137 Å². The van der Waals surface area contributed by atoms with Crippen LogP contribution >= 0.6 is 0 Å². The van der Waals surface area contributed by atoms with Gasteiger partial charge in [-0.3, -0.25) is 9.59 Å². The molecular formula is C17H27N3O3. The molecule has 6 nitrogen and oxygen atoms in total. The maximum Gasteiger partial charge on any atom is 0.222 e. The van der Waals surface area contributed by atoms with Gasteiger partial charge in [-0.25, -0.2) is 0 Å². The first-order chi connectivity index (χ1) is 11.0. The molecule has 2 heterocycles. The summed E-state index contributed by atoms with van der Waals surface area (Å²) in [5.74, 6) is 1.12. The lowest BCUT2D eigenvalue weighted by Gasteiger charge is -2.32. The third-order valence-electron chi connectivity index (χ3n) is 4.70. The van der Waals surface area contributed by atoms with Gasteiger partial charge in [-0.1, -0.05) is 5.16 Å². The van der Waals surface area contributed by atoms with Crippen LogP contribution in [0.25, 0.3) is 0 Å². The predicted octanol–water partition coefficient (Wildman–Crippen LogP) is 1.90. The molecule has 1 saturated heterocycles. The molecule has 6 heteroatoms. The number of aromatic nitrogens is 1. The highest BCUT2D eigenvalue weighted by Crippen LogP contribution is 2.27. The molecule has 1 aromatic heterocycles. The highest BCUT2D eigenvalue weighted by molar-refractivity contribution is 5.91. The number of nitrogens with zero attached hydrogens (tertiary/aromatic N) is 2. The van der Waals surface area contributed by atoms with Crippen molar-refractivity contribution in [3.63, 3.8) is 0 Å². The van der Waals surface area contributed by atoms with E-state index >= 15 is 0 Å². The molecule has 1 aliphatic heterocycles. The van der Waals surface area contributed by atoms with Crippen molar-refractivity contribution in [3.05, 3.63) is 17.5 Å². The summed E-state index contributed by atoms with van der Waals surface area (Å²) < 4.78 is 5.06. The van der Waals surface area contributed by atoms with Gasteiger partial charge in [-0.15, -0.1) is 0 Å². The minimum atomic E-state index is -0.112. The molecule has 1 aliphatic rings. The zero-order chi connectivity index (χ0) is 16.8. The van der Waals surface area contributed by atoms with Crippen LogP contribution in [-0.2, 0) is 11.2 Å². The molecule has 1 amide bonds. The highest BCUT2D eigenvalue weighted by atomic mass is 16.5. The van der Waals surface area contributed by atoms with Crippen molar-refractivity contribution in [2.75, 3.05) is 26.2 Å². The normalized spacial score (nSPS) is 21.2. The molecule has 0 aliphatic carbocycles. The summed E-state index contributed by atoms with van der Waals surface area (Å²) in [6.07, 6.45) is 2.32. The largest absolute Gasteiger partial charge is 0.353 e. The fourth-order valence-corrected chi connectivity index (χ4v) is 3.26. The number of piperidine rings is 1. The summed E-state index contributed by atoms with van der Waals surface area (Å²) in [7, 11) is 0. The van der Waals surface area contributed by atoms with Crippen molar-refractivity contribution in [2.24, 2.45) is 11.8 Å². The van der Waals surface area contributed by atoms with Crippen molar-refractivity contribution < 1.29 is 14.1 Å².